The van der Waals surface area contributed by atoms with Crippen molar-refractivity contribution >= 4 is 17.7 Å². The van der Waals surface area contributed by atoms with Gasteiger partial charge in [0.2, 0.25) is 5.95 Å². The van der Waals surface area contributed by atoms with Crippen molar-refractivity contribution in [1.82, 2.24) is 14.8 Å². The maximum atomic E-state index is 5.87. The van der Waals surface area contributed by atoms with Crippen LogP contribution in [0.4, 0.5) is 5.95 Å². The summed E-state index contributed by atoms with van der Waals surface area (Å²) in [5.74, 6) is 2.73. The molecule has 1 aromatic carbocycles. The summed E-state index contributed by atoms with van der Waals surface area (Å²) < 4.78 is 13.3. The number of nitrogen functional groups attached to an aromatic ring is 1. The summed E-state index contributed by atoms with van der Waals surface area (Å²) in [5, 5.41) is 8.59. The van der Waals surface area contributed by atoms with E-state index in [4.69, 9.17) is 15.2 Å². The number of hydrogen-bond acceptors (Lipinski definition) is 6. The largest absolute Gasteiger partial charge is 0.486 e. The molecule has 19 heavy (non-hydrogen) atoms. The fraction of sp³-hybridized carbons (Fsp3) is 0.333. The van der Waals surface area contributed by atoms with E-state index in [0.29, 0.717) is 12.6 Å². The number of nitrogens with zero attached hydrogens (tertiary/aromatic N) is 3. The fourth-order valence-electron chi connectivity index (χ4n) is 1.76. The summed E-state index contributed by atoms with van der Waals surface area (Å²) in [7, 11) is 1.84. The molecule has 0 saturated carbocycles. The van der Waals surface area contributed by atoms with Crippen molar-refractivity contribution in [2.75, 3.05) is 18.1 Å². The first-order valence-electron chi connectivity index (χ1n) is 5.90. The molecule has 0 amide bonds. The topological polar surface area (TPSA) is 75.2 Å². The van der Waals surface area contributed by atoms with Gasteiger partial charge in [-0.1, -0.05) is 23.9 Å². The molecule has 1 aliphatic rings. The molecule has 0 aliphatic carbocycles. The lowest BCUT2D eigenvalue weighted by Crippen LogP contribution is -2.31. The van der Waals surface area contributed by atoms with Gasteiger partial charge in [0.15, 0.2) is 16.7 Å². The van der Waals surface area contributed by atoms with Gasteiger partial charge in [0.1, 0.15) is 12.7 Å². The highest BCUT2D eigenvalue weighted by molar-refractivity contribution is 7.99. The predicted octanol–water partition coefficient (Wildman–Crippen LogP) is 1.33. The van der Waals surface area contributed by atoms with Crippen LogP contribution in [0.5, 0.6) is 11.5 Å². The third kappa shape index (κ3) is 2.46. The summed E-state index contributed by atoms with van der Waals surface area (Å²) in [6.45, 7) is 0.539. The van der Waals surface area contributed by atoms with Crippen LogP contribution in [-0.4, -0.2) is 33.2 Å². The summed E-state index contributed by atoms with van der Waals surface area (Å²) in [6.07, 6.45) is -0.00201. The van der Waals surface area contributed by atoms with Crippen molar-refractivity contribution < 1.29 is 9.47 Å². The number of aromatic nitrogens is 3. The highest BCUT2D eigenvalue weighted by atomic mass is 32.2. The van der Waals surface area contributed by atoms with Crippen LogP contribution in [0.25, 0.3) is 0 Å². The third-order valence-electron chi connectivity index (χ3n) is 2.83. The summed E-state index contributed by atoms with van der Waals surface area (Å²) >= 11 is 1.55. The van der Waals surface area contributed by atoms with Gasteiger partial charge in [-0.25, -0.2) is 0 Å². The second-order valence-corrected chi connectivity index (χ2v) is 5.20. The van der Waals surface area contributed by atoms with E-state index < -0.39 is 0 Å². The summed E-state index contributed by atoms with van der Waals surface area (Å²) in [4.78, 5) is 0. The Balaban J connectivity index is 1.62. The highest BCUT2D eigenvalue weighted by Crippen LogP contribution is 2.32. The molecule has 1 unspecified atom stereocenters. The third-order valence-corrected chi connectivity index (χ3v) is 3.99. The van der Waals surface area contributed by atoms with Crippen molar-refractivity contribution in [1.29, 1.82) is 0 Å². The van der Waals surface area contributed by atoms with E-state index in [-0.39, 0.29) is 6.10 Å². The lowest BCUT2D eigenvalue weighted by molar-refractivity contribution is 0.107. The van der Waals surface area contributed by atoms with Crippen molar-refractivity contribution in [3.63, 3.8) is 0 Å². The lowest BCUT2D eigenvalue weighted by Gasteiger charge is -2.25. The molecule has 1 aromatic heterocycles. The van der Waals surface area contributed by atoms with Crippen LogP contribution in [0.2, 0.25) is 0 Å². The molecular weight excluding hydrogens is 264 g/mol. The number of anilines is 1. The van der Waals surface area contributed by atoms with Crippen LogP contribution in [0, 0.1) is 0 Å². The molecule has 2 N–H and O–H groups in total. The Bertz CT molecular complexity index is 587. The van der Waals surface area contributed by atoms with E-state index in [1.807, 2.05) is 31.3 Å². The second-order valence-electron chi connectivity index (χ2n) is 4.21. The van der Waals surface area contributed by atoms with Gasteiger partial charge in [-0.05, 0) is 12.1 Å². The Labute approximate surface area is 114 Å². The first-order chi connectivity index (χ1) is 9.24. The second kappa shape index (κ2) is 5.00. The maximum absolute atomic E-state index is 5.87. The van der Waals surface area contributed by atoms with Gasteiger partial charge in [0.05, 0.1) is 0 Å². The van der Waals surface area contributed by atoms with E-state index in [1.165, 1.54) is 0 Å². The molecular formula is C12H14N4O2S. The quantitative estimate of drug-likeness (QED) is 0.854. The summed E-state index contributed by atoms with van der Waals surface area (Å²) in [6, 6.07) is 7.68. The maximum Gasteiger partial charge on any atom is 0.222 e. The molecule has 0 bridgehead atoms. The first kappa shape index (κ1) is 12.2. The molecule has 7 heteroatoms. The van der Waals surface area contributed by atoms with Crippen LogP contribution in [0.1, 0.15) is 0 Å². The molecule has 2 aromatic rings. The van der Waals surface area contributed by atoms with E-state index in [1.54, 1.807) is 16.3 Å². The Morgan fingerprint density at radius 3 is 2.89 bits per heavy atom. The average Bonchev–Trinajstić information content (AvgIpc) is 2.76. The molecule has 2 heterocycles. The van der Waals surface area contributed by atoms with E-state index >= 15 is 0 Å². The minimum absolute atomic E-state index is 0.00201. The Morgan fingerprint density at radius 1 is 1.37 bits per heavy atom. The van der Waals surface area contributed by atoms with Crippen LogP contribution >= 0.6 is 11.8 Å². The van der Waals surface area contributed by atoms with Gasteiger partial charge >= 0.3 is 0 Å². The molecule has 0 fully saturated rings. The van der Waals surface area contributed by atoms with Gasteiger partial charge in [-0.3, -0.25) is 4.57 Å². The predicted molar refractivity (Wildman–Crippen MR) is 72.5 cm³/mol. The van der Waals surface area contributed by atoms with Crippen molar-refractivity contribution in [2.45, 2.75) is 11.3 Å². The number of benzene rings is 1. The molecule has 6 nitrogen and oxygen atoms in total. The van der Waals surface area contributed by atoms with Crippen molar-refractivity contribution in [3.05, 3.63) is 24.3 Å². The van der Waals surface area contributed by atoms with Gasteiger partial charge in [0, 0.05) is 12.8 Å². The van der Waals surface area contributed by atoms with Crippen molar-refractivity contribution in [2.24, 2.45) is 7.05 Å². The zero-order chi connectivity index (χ0) is 13.2. The fourth-order valence-corrected chi connectivity index (χ4v) is 2.65. The van der Waals surface area contributed by atoms with Gasteiger partial charge < -0.3 is 15.2 Å². The molecule has 0 saturated heterocycles. The monoisotopic (exact) mass is 278 g/mol. The van der Waals surface area contributed by atoms with Crippen LogP contribution in [-0.2, 0) is 7.05 Å². The SMILES string of the molecule is Cn1c(N)nnc1SCC1COc2ccccc2O1. The van der Waals surface area contributed by atoms with Crippen LogP contribution in [0.15, 0.2) is 29.4 Å². The molecule has 1 aliphatic heterocycles. The molecule has 1 atom stereocenters. The normalized spacial score (nSPS) is 17.4. The Morgan fingerprint density at radius 2 is 2.16 bits per heavy atom. The minimum Gasteiger partial charge on any atom is -0.486 e. The Kier molecular flexibility index (Phi) is 3.20. The zero-order valence-corrected chi connectivity index (χ0v) is 11.3. The molecule has 100 valence electrons. The smallest absolute Gasteiger partial charge is 0.222 e. The lowest BCUT2D eigenvalue weighted by atomic mass is 10.3. The highest BCUT2D eigenvalue weighted by Gasteiger charge is 2.21. The molecule has 0 radical (unpaired) electrons. The van der Waals surface area contributed by atoms with E-state index in [2.05, 4.69) is 10.2 Å². The van der Waals surface area contributed by atoms with E-state index in [9.17, 15) is 0 Å². The number of rotatable bonds is 3. The number of fused-ring (bicyclic) bond motifs is 1. The average molecular weight is 278 g/mol. The number of para-hydroxylation sites is 2. The molecule has 3 rings (SSSR count). The first-order valence-corrected chi connectivity index (χ1v) is 6.89. The number of nitrogens with two attached hydrogens (primary N) is 1. The number of ether oxygens (including phenoxy) is 2. The standard InChI is InChI=1S/C12H14N4O2S/c1-16-11(13)14-15-12(16)19-7-8-6-17-9-4-2-3-5-10(9)18-8/h2-5,8H,6-7H2,1H3,(H2,13,14). The van der Waals surface area contributed by atoms with E-state index in [0.717, 1.165) is 22.4 Å². The Hall–Kier alpha value is -1.89. The molecule has 0 spiro atoms. The summed E-state index contributed by atoms with van der Waals surface area (Å²) in [5.41, 5.74) is 5.63. The van der Waals surface area contributed by atoms with Crippen LogP contribution in [0.3, 0.4) is 0 Å². The zero-order valence-electron chi connectivity index (χ0n) is 10.4. The van der Waals surface area contributed by atoms with Gasteiger partial charge in [-0.15, -0.1) is 10.2 Å². The number of thioether (sulfide) groups is 1. The van der Waals surface area contributed by atoms with Gasteiger partial charge in [0.25, 0.3) is 0 Å². The van der Waals surface area contributed by atoms with Crippen LogP contribution < -0.4 is 15.2 Å². The van der Waals surface area contributed by atoms with Crippen molar-refractivity contribution in [3.8, 4) is 11.5 Å². The van der Waals surface area contributed by atoms with Gasteiger partial charge in [-0.2, -0.15) is 0 Å². The number of hydrogen-bond donors (Lipinski definition) is 1. The minimum atomic E-state index is -0.00201.